The summed E-state index contributed by atoms with van der Waals surface area (Å²) in [6.07, 6.45) is 0. The Bertz CT molecular complexity index is 1240. The van der Waals surface area contributed by atoms with Gasteiger partial charge in [0.2, 0.25) is 0 Å². The Morgan fingerprint density at radius 2 is 1.55 bits per heavy atom. The average Bonchev–Trinajstić information content (AvgIpc) is 2.74. The van der Waals surface area contributed by atoms with Crippen molar-refractivity contribution in [3.05, 3.63) is 111 Å². The lowest BCUT2D eigenvalue weighted by Crippen LogP contribution is -2.33. The predicted molar refractivity (Wildman–Crippen MR) is 117 cm³/mol. The van der Waals surface area contributed by atoms with E-state index in [1.54, 1.807) is 17.0 Å². The third-order valence-electron chi connectivity index (χ3n) is 5.17. The molecule has 0 aliphatic heterocycles. The predicted octanol–water partition coefficient (Wildman–Crippen LogP) is 4.99. The molecule has 0 atom stereocenters. The monoisotopic (exact) mass is 382 g/mol. The molecule has 0 spiro atoms. The second-order valence-electron chi connectivity index (χ2n) is 7.21. The van der Waals surface area contributed by atoms with Crippen LogP contribution < -0.4 is 10.5 Å². The van der Waals surface area contributed by atoms with Crippen LogP contribution in [0.5, 0.6) is 0 Å². The van der Waals surface area contributed by atoms with E-state index in [9.17, 15) is 9.59 Å². The number of benzene rings is 3. The number of aromatic nitrogens is 1. The summed E-state index contributed by atoms with van der Waals surface area (Å²) >= 11 is 0. The molecule has 0 saturated carbocycles. The number of carbonyl (C=O) groups is 1. The van der Waals surface area contributed by atoms with Gasteiger partial charge in [0.1, 0.15) is 0 Å². The van der Waals surface area contributed by atoms with Crippen LogP contribution in [-0.4, -0.2) is 10.9 Å². The fraction of sp³-hybridized carbons (Fsp3) is 0.120. The van der Waals surface area contributed by atoms with Crippen LogP contribution in [0.3, 0.4) is 0 Å². The van der Waals surface area contributed by atoms with Gasteiger partial charge in [-0.15, -0.1) is 0 Å². The van der Waals surface area contributed by atoms with E-state index in [0.717, 1.165) is 27.7 Å². The lowest BCUT2D eigenvalue weighted by Gasteiger charge is -2.24. The van der Waals surface area contributed by atoms with E-state index in [4.69, 9.17) is 0 Å². The maximum atomic E-state index is 13.3. The van der Waals surface area contributed by atoms with Crippen molar-refractivity contribution in [3.63, 3.8) is 0 Å². The zero-order valence-electron chi connectivity index (χ0n) is 16.5. The number of hydrogen-bond donors (Lipinski definition) is 1. The summed E-state index contributed by atoms with van der Waals surface area (Å²) < 4.78 is 0. The molecule has 0 aliphatic carbocycles. The SMILES string of the molecule is Cc1ccccc1N(Cc1cc2cccc(C)c2[nH]c1=O)C(=O)c1ccccc1. The first-order valence-corrected chi connectivity index (χ1v) is 9.58. The van der Waals surface area contributed by atoms with E-state index in [0.29, 0.717) is 11.1 Å². The molecule has 0 aliphatic rings. The standard InChI is InChI=1S/C25H22N2O2/c1-17-9-6-7-14-22(17)27(25(29)19-11-4-3-5-12-19)16-21-15-20-13-8-10-18(2)23(20)26-24(21)28/h3-15H,16H2,1-2H3,(H,26,28). The maximum absolute atomic E-state index is 13.3. The number of nitrogens with one attached hydrogen (secondary N) is 1. The Balaban J connectivity index is 1.81. The van der Waals surface area contributed by atoms with Crippen molar-refractivity contribution in [3.8, 4) is 0 Å². The number of carbonyl (C=O) groups excluding carboxylic acids is 1. The molecule has 1 aromatic heterocycles. The van der Waals surface area contributed by atoms with Gasteiger partial charge in [-0.3, -0.25) is 9.59 Å². The third-order valence-corrected chi connectivity index (χ3v) is 5.17. The highest BCUT2D eigenvalue weighted by atomic mass is 16.2. The summed E-state index contributed by atoms with van der Waals surface area (Å²) in [5.41, 5.74) is 4.58. The van der Waals surface area contributed by atoms with Gasteiger partial charge in [0, 0.05) is 16.8 Å². The maximum Gasteiger partial charge on any atom is 0.258 e. The number of para-hydroxylation sites is 2. The summed E-state index contributed by atoms with van der Waals surface area (Å²) in [4.78, 5) is 30.8. The fourth-order valence-electron chi connectivity index (χ4n) is 3.59. The van der Waals surface area contributed by atoms with Crippen molar-refractivity contribution in [1.82, 2.24) is 4.98 Å². The van der Waals surface area contributed by atoms with Gasteiger partial charge in [-0.1, -0.05) is 54.6 Å². The van der Waals surface area contributed by atoms with Crippen molar-refractivity contribution in [1.29, 1.82) is 0 Å². The van der Waals surface area contributed by atoms with Crippen molar-refractivity contribution < 1.29 is 4.79 Å². The second-order valence-corrected chi connectivity index (χ2v) is 7.21. The van der Waals surface area contributed by atoms with Gasteiger partial charge in [0.25, 0.3) is 11.5 Å². The normalized spacial score (nSPS) is 10.8. The van der Waals surface area contributed by atoms with Crippen molar-refractivity contribution in [2.45, 2.75) is 20.4 Å². The molecule has 1 amide bonds. The van der Waals surface area contributed by atoms with Gasteiger partial charge in [-0.2, -0.15) is 0 Å². The number of hydrogen-bond acceptors (Lipinski definition) is 2. The number of aryl methyl sites for hydroxylation is 2. The van der Waals surface area contributed by atoms with E-state index in [1.165, 1.54) is 0 Å². The molecule has 29 heavy (non-hydrogen) atoms. The molecule has 0 saturated heterocycles. The summed E-state index contributed by atoms with van der Waals surface area (Å²) in [5.74, 6) is -0.136. The highest BCUT2D eigenvalue weighted by molar-refractivity contribution is 6.06. The summed E-state index contributed by atoms with van der Waals surface area (Å²) in [6, 6.07) is 24.7. The molecule has 0 fully saturated rings. The van der Waals surface area contributed by atoms with Crippen molar-refractivity contribution in [2.24, 2.45) is 0 Å². The van der Waals surface area contributed by atoms with E-state index in [1.807, 2.05) is 80.6 Å². The first kappa shape index (κ1) is 18.7. The molecule has 144 valence electrons. The average molecular weight is 382 g/mol. The smallest absolute Gasteiger partial charge is 0.258 e. The zero-order valence-corrected chi connectivity index (χ0v) is 16.5. The van der Waals surface area contributed by atoms with Crippen LogP contribution >= 0.6 is 0 Å². The molecule has 4 heteroatoms. The van der Waals surface area contributed by atoms with Crippen LogP contribution in [0.25, 0.3) is 10.9 Å². The second kappa shape index (κ2) is 7.76. The van der Waals surface area contributed by atoms with E-state index < -0.39 is 0 Å². The van der Waals surface area contributed by atoms with Crippen LogP contribution in [-0.2, 0) is 6.54 Å². The Kier molecular flexibility index (Phi) is 5.00. The first-order valence-electron chi connectivity index (χ1n) is 9.58. The number of amides is 1. The number of anilines is 1. The van der Waals surface area contributed by atoms with Gasteiger partial charge < -0.3 is 9.88 Å². The molecule has 0 radical (unpaired) electrons. The van der Waals surface area contributed by atoms with E-state index in [-0.39, 0.29) is 18.0 Å². The molecule has 0 unspecified atom stereocenters. The number of H-pyrrole nitrogens is 1. The highest BCUT2D eigenvalue weighted by Crippen LogP contribution is 2.24. The fourth-order valence-corrected chi connectivity index (χ4v) is 3.59. The number of nitrogens with zero attached hydrogens (tertiary/aromatic N) is 1. The Labute approximate surface area is 169 Å². The summed E-state index contributed by atoms with van der Waals surface area (Å²) in [7, 11) is 0. The van der Waals surface area contributed by atoms with E-state index >= 15 is 0 Å². The number of aromatic amines is 1. The molecule has 4 rings (SSSR count). The lowest BCUT2D eigenvalue weighted by atomic mass is 10.1. The zero-order chi connectivity index (χ0) is 20.4. The van der Waals surface area contributed by atoms with Crippen LogP contribution in [0, 0.1) is 13.8 Å². The van der Waals surface area contributed by atoms with Crippen LogP contribution in [0.1, 0.15) is 27.0 Å². The minimum atomic E-state index is -0.175. The molecule has 1 heterocycles. The largest absolute Gasteiger partial charge is 0.321 e. The Morgan fingerprint density at radius 1 is 0.862 bits per heavy atom. The first-order chi connectivity index (χ1) is 14.0. The van der Waals surface area contributed by atoms with E-state index in [2.05, 4.69) is 4.98 Å². The van der Waals surface area contributed by atoms with Crippen LogP contribution in [0.2, 0.25) is 0 Å². The van der Waals surface area contributed by atoms with Gasteiger partial charge in [0.05, 0.1) is 12.1 Å². The Hall–Kier alpha value is -3.66. The summed E-state index contributed by atoms with van der Waals surface area (Å²) in [6.45, 7) is 4.13. The minimum absolute atomic E-state index is 0.136. The quantitative estimate of drug-likeness (QED) is 0.540. The van der Waals surface area contributed by atoms with Crippen molar-refractivity contribution >= 4 is 22.5 Å². The van der Waals surface area contributed by atoms with Crippen molar-refractivity contribution in [2.75, 3.05) is 4.90 Å². The van der Waals surface area contributed by atoms with Crippen LogP contribution in [0.4, 0.5) is 5.69 Å². The highest BCUT2D eigenvalue weighted by Gasteiger charge is 2.21. The molecular formula is C25H22N2O2. The molecule has 4 aromatic rings. The van der Waals surface area contributed by atoms with Gasteiger partial charge >= 0.3 is 0 Å². The number of rotatable bonds is 4. The Morgan fingerprint density at radius 3 is 2.31 bits per heavy atom. The number of pyridine rings is 1. The molecule has 4 nitrogen and oxygen atoms in total. The van der Waals surface area contributed by atoms with Gasteiger partial charge in [0.15, 0.2) is 0 Å². The van der Waals surface area contributed by atoms with Crippen LogP contribution in [0.15, 0.2) is 83.7 Å². The number of fused-ring (bicyclic) bond motifs is 1. The lowest BCUT2D eigenvalue weighted by molar-refractivity contribution is 0.0985. The minimum Gasteiger partial charge on any atom is -0.321 e. The molecule has 3 aromatic carbocycles. The summed E-state index contributed by atoms with van der Waals surface area (Å²) in [5, 5.41) is 0.955. The topological polar surface area (TPSA) is 53.2 Å². The molecule has 1 N–H and O–H groups in total. The van der Waals surface area contributed by atoms with Gasteiger partial charge in [-0.05, 0) is 54.6 Å². The third kappa shape index (κ3) is 3.69. The van der Waals surface area contributed by atoms with Gasteiger partial charge in [-0.25, -0.2) is 0 Å². The molecule has 0 bridgehead atoms. The molecular weight excluding hydrogens is 360 g/mol.